The van der Waals surface area contributed by atoms with Gasteiger partial charge in [0.15, 0.2) is 5.82 Å². The van der Waals surface area contributed by atoms with Crippen molar-refractivity contribution in [1.29, 1.82) is 0 Å². The maximum atomic E-state index is 5.12. The minimum Gasteiger partial charge on any atom is -0.228 e. The molecule has 1 heterocycles. The van der Waals surface area contributed by atoms with Crippen LogP contribution < -0.4 is 0 Å². The second kappa shape index (κ2) is 13.2. The fourth-order valence-corrected chi connectivity index (χ4v) is 10.8. The molecule has 0 N–H and O–H groups in total. The van der Waals surface area contributed by atoms with Gasteiger partial charge in [0.25, 0.3) is 0 Å². The number of rotatable bonds is 5. The Labute approximate surface area is 336 Å². The average Bonchev–Trinajstić information content (AvgIpc) is 3.66. The van der Waals surface area contributed by atoms with E-state index in [0.29, 0.717) is 0 Å². The van der Waals surface area contributed by atoms with E-state index in [1.165, 1.54) is 82.2 Å². The molecule has 0 unspecified atom stereocenters. The highest BCUT2D eigenvalue weighted by Gasteiger charge is 2.46. The second-order valence-electron chi connectivity index (χ2n) is 17.2. The molecule has 4 aliphatic carbocycles. The Hall–Kier alpha value is -6.12. The number of benzene rings is 6. The van der Waals surface area contributed by atoms with Gasteiger partial charge in [-0.3, -0.25) is 0 Å². The van der Waals surface area contributed by atoms with E-state index in [4.69, 9.17) is 9.97 Å². The number of allylic oxidation sites excluding steroid dienone is 4. The van der Waals surface area contributed by atoms with Crippen LogP contribution in [-0.2, 0) is 10.8 Å². The van der Waals surface area contributed by atoms with Crippen molar-refractivity contribution in [2.75, 3.05) is 0 Å². The molecule has 1 fully saturated rings. The summed E-state index contributed by atoms with van der Waals surface area (Å²) in [7, 11) is 0. The first-order valence-corrected chi connectivity index (χ1v) is 20.9. The third-order valence-corrected chi connectivity index (χ3v) is 13.7. The van der Waals surface area contributed by atoms with Gasteiger partial charge in [0.05, 0.1) is 11.4 Å². The quantitative estimate of drug-likeness (QED) is 0.176. The molecule has 1 aromatic heterocycles. The second-order valence-corrected chi connectivity index (χ2v) is 17.2. The van der Waals surface area contributed by atoms with Gasteiger partial charge in [-0.2, -0.15) is 0 Å². The zero-order valence-corrected chi connectivity index (χ0v) is 32.9. The van der Waals surface area contributed by atoms with E-state index in [2.05, 4.69) is 147 Å². The molecule has 1 spiro atoms. The minimum absolute atomic E-state index is 0.0169. The van der Waals surface area contributed by atoms with Crippen LogP contribution in [0.2, 0.25) is 0 Å². The highest BCUT2D eigenvalue weighted by Crippen LogP contribution is 2.60. The fraction of sp³-hybridized carbons (Fsp3) is 0.200. The summed E-state index contributed by atoms with van der Waals surface area (Å²) in [5.41, 5.74) is 22.5. The Morgan fingerprint density at radius 3 is 1.79 bits per heavy atom. The maximum absolute atomic E-state index is 5.12. The van der Waals surface area contributed by atoms with E-state index < -0.39 is 0 Å². The molecule has 0 atom stereocenters. The summed E-state index contributed by atoms with van der Waals surface area (Å²) in [6, 6.07) is 55.4. The van der Waals surface area contributed by atoms with Crippen LogP contribution in [0, 0.1) is 0 Å². The monoisotopic (exact) mass is 734 g/mol. The smallest absolute Gasteiger partial charge is 0.160 e. The summed E-state index contributed by atoms with van der Waals surface area (Å²) in [5, 5.41) is 0. The van der Waals surface area contributed by atoms with E-state index in [1.807, 2.05) is 24.3 Å². The van der Waals surface area contributed by atoms with E-state index in [-0.39, 0.29) is 10.8 Å². The molecule has 2 heteroatoms. The lowest BCUT2D eigenvalue weighted by Crippen LogP contribution is -2.28. The molecule has 276 valence electrons. The molecule has 0 bridgehead atoms. The van der Waals surface area contributed by atoms with Gasteiger partial charge in [-0.1, -0.05) is 166 Å². The molecule has 4 aliphatic rings. The van der Waals surface area contributed by atoms with Crippen molar-refractivity contribution in [2.24, 2.45) is 0 Å². The topological polar surface area (TPSA) is 25.8 Å². The normalized spacial score (nSPS) is 17.1. The predicted octanol–water partition coefficient (Wildman–Crippen LogP) is 14.3. The molecule has 0 aliphatic heterocycles. The fourth-order valence-electron chi connectivity index (χ4n) is 10.8. The highest BCUT2D eigenvalue weighted by molar-refractivity contribution is 5.96. The summed E-state index contributed by atoms with van der Waals surface area (Å²) in [6.45, 7) is 4.93. The Morgan fingerprint density at radius 1 is 0.439 bits per heavy atom. The summed E-state index contributed by atoms with van der Waals surface area (Å²) in [4.78, 5) is 10.1. The van der Waals surface area contributed by atoms with Crippen molar-refractivity contribution >= 4 is 11.1 Å². The third-order valence-electron chi connectivity index (χ3n) is 13.7. The predicted molar refractivity (Wildman–Crippen MR) is 237 cm³/mol. The largest absolute Gasteiger partial charge is 0.228 e. The molecule has 7 aromatic rings. The van der Waals surface area contributed by atoms with E-state index in [1.54, 1.807) is 16.7 Å². The van der Waals surface area contributed by atoms with E-state index >= 15 is 0 Å². The molecule has 2 nitrogen and oxygen atoms in total. The number of fused-ring (bicyclic) bond motifs is 7. The van der Waals surface area contributed by atoms with Crippen molar-refractivity contribution in [3.8, 4) is 56.2 Å². The first kappa shape index (κ1) is 34.2. The molecule has 0 saturated heterocycles. The lowest BCUT2D eigenvalue weighted by Gasteiger charge is -2.36. The summed E-state index contributed by atoms with van der Waals surface area (Å²) < 4.78 is 0. The molecule has 1 saturated carbocycles. The van der Waals surface area contributed by atoms with Crippen molar-refractivity contribution in [1.82, 2.24) is 9.97 Å². The van der Waals surface area contributed by atoms with Gasteiger partial charge in [-0.25, -0.2) is 9.97 Å². The first-order valence-electron chi connectivity index (χ1n) is 20.9. The SMILES string of the molecule is CC1(C)C2=C(C=C(c3cccc(-c4cccc(-c5cc(-c6ccccc6)nc(-c6ccccc6)n5)c4)c3)CC2)c2cc3c(cc21)-c1ccccc1C31CCCCC1. The van der Waals surface area contributed by atoms with Gasteiger partial charge < -0.3 is 0 Å². The first-order chi connectivity index (χ1) is 28.0. The van der Waals surface area contributed by atoms with E-state index in [9.17, 15) is 0 Å². The molecule has 0 radical (unpaired) electrons. The molecular formula is C55H46N2. The van der Waals surface area contributed by atoms with Crippen LogP contribution in [0.25, 0.3) is 67.3 Å². The van der Waals surface area contributed by atoms with Crippen LogP contribution in [-0.4, -0.2) is 9.97 Å². The maximum Gasteiger partial charge on any atom is 0.160 e. The Kier molecular flexibility index (Phi) is 7.93. The van der Waals surface area contributed by atoms with Crippen LogP contribution in [0.5, 0.6) is 0 Å². The lowest BCUT2D eigenvalue weighted by molar-refractivity contribution is 0.352. The molecule has 11 rings (SSSR count). The van der Waals surface area contributed by atoms with Gasteiger partial charge in [-0.05, 0) is 117 Å². The Balaban J connectivity index is 0.964. The summed E-state index contributed by atoms with van der Waals surface area (Å²) in [5.74, 6) is 0.734. The summed E-state index contributed by atoms with van der Waals surface area (Å²) in [6.07, 6.45) is 11.2. The molecule has 0 amide bonds. The van der Waals surface area contributed by atoms with Crippen LogP contribution in [0.1, 0.15) is 86.6 Å². The number of hydrogen-bond acceptors (Lipinski definition) is 2. The van der Waals surface area contributed by atoms with Crippen molar-refractivity contribution in [2.45, 2.75) is 69.6 Å². The lowest BCUT2D eigenvalue weighted by atomic mass is 9.67. The van der Waals surface area contributed by atoms with Crippen molar-refractivity contribution in [3.63, 3.8) is 0 Å². The number of nitrogens with zero attached hydrogens (tertiary/aromatic N) is 2. The number of hydrogen-bond donors (Lipinski definition) is 0. The standard InChI is InChI=1S/C55H46N2/c1-54(2)47-27-26-41(32-44(47)46-34-50-45(33-49(46)54)43-24-10-11-25-48(43)55(50)28-12-5-13-29-55)39-21-14-20-38(30-39)40-22-15-23-42(31-40)52-35-51(36-16-6-3-7-17-36)56-53(57-52)37-18-8-4-9-19-37/h3-4,6-11,14-25,30-35H,5,12-13,26-29H2,1-2H3. The van der Waals surface area contributed by atoms with Crippen LogP contribution in [0.3, 0.4) is 0 Å². The third kappa shape index (κ3) is 5.52. The van der Waals surface area contributed by atoms with Crippen LogP contribution >= 0.6 is 0 Å². The molecular weight excluding hydrogens is 689 g/mol. The van der Waals surface area contributed by atoms with Gasteiger partial charge in [0.2, 0.25) is 0 Å². The zero-order chi connectivity index (χ0) is 38.1. The average molecular weight is 735 g/mol. The van der Waals surface area contributed by atoms with E-state index in [0.717, 1.165) is 46.7 Å². The number of aromatic nitrogens is 2. The van der Waals surface area contributed by atoms with Crippen LogP contribution in [0.4, 0.5) is 0 Å². The van der Waals surface area contributed by atoms with Crippen LogP contribution in [0.15, 0.2) is 163 Å². The minimum atomic E-state index is 0.0169. The Bertz CT molecular complexity index is 2720. The molecule has 57 heavy (non-hydrogen) atoms. The molecule has 6 aromatic carbocycles. The summed E-state index contributed by atoms with van der Waals surface area (Å²) >= 11 is 0. The van der Waals surface area contributed by atoms with Gasteiger partial charge in [0, 0.05) is 27.5 Å². The van der Waals surface area contributed by atoms with Gasteiger partial charge >= 0.3 is 0 Å². The van der Waals surface area contributed by atoms with Crippen molar-refractivity contribution in [3.05, 3.63) is 191 Å². The van der Waals surface area contributed by atoms with Crippen molar-refractivity contribution < 1.29 is 0 Å². The van der Waals surface area contributed by atoms with Gasteiger partial charge in [0.1, 0.15) is 0 Å². The highest BCUT2D eigenvalue weighted by atomic mass is 14.9. The Morgan fingerprint density at radius 2 is 1.04 bits per heavy atom. The van der Waals surface area contributed by atoms with Gasteiger partial charge in [-0.15, -0.1) is 0 Å². The zero-order valence-electron chi connectivity index (χ0n) is 32.9.